The summed E-state index contributed by atoms with van der Waals surface area (Å²) < 4.78 is 66.0. The zero-order chi connectivity index (χ0) is 42.9. The van der Waals surface area contributed by atoms with Crippen LogP contribution in [0.2, 0.25) is 0 Å². The molecule has 0 aliphatic heterocycles. The third-order valence-corrected chi connectivity index (χ3v) is 8.70. The Morgan fingerprint density at radius 1 is 0.533 bits per heavy atom. The average molecular weight is 851 g/mol. The summed E-state index contributed by atoms with van der Waals surface area (Å²) in [6, 6.07) is 16.6. The minimum absolute atomic E-state index is 0.0452. The highest BCUT2D eigenvalue weighted by Gasteiger charge is 2.29. The van der Waals surface area contributed by atoms with Crippen LogP contribution in [-0.2, 0) is 56.8 Å². The van der Waals surface area contributed by atoms with Gasteiger partial charge in [-0.3, -0.25) is 0 Å². The topological polar surface area (TPSA) is 160 Å². The SMILES string of the molecule is CN(CCOCCOCCOCCOCCOCCOCCOCCOCCOCCOCCCNC(=O)OCC1c2ccccc2-c2ccccc21)C(=O)OC(C)(C)C. The fraction of sp³-hybridized carbons (Fsp3) is 0.682. The van der Waals surface area contributed by atoms with Crippen molar-refractivity contribution in [3.63, 3.8) is 0 Å². The highest BCUT2D eigenvalue weighted by atomic mass is 16.6. The molecule has 2 aromatic rings. The lowest BCUT2D eigenvalue weighted by Crippen LogP contribution is -2.36. The monoisotopic (exact) mass is 850 g/mol. The summed E-state index contributed by atoms with van der Waals surface area (Å²) in [6.45, 7) is 16.2. The first-order valence-electron chi connectivity index (χ1n) is 21.1. The summed E-state index contributed by atoms with van der Waals surface area (Å²) in [5.41, 5.74) is 4.28. The molecule has 60 heavy (non-hydrogen) atoms. The van der Waals surface area contributed by atoms with Crippen LogP contribution < -0.4 is 5.32 Å². The van der Waals surface area contributed by atoms with E-state index < -0.39 is 11.7 Å². The normalized spacial score (nSPS) is 12.3. The Kier molecular flexibility index (Phi) is 27.4. The molecular formula is C44H70N2O14. The molecular weight excluding hydrogens is 780 g/mol. The molecule has 0 atom stereocenters. The maximum atomic E-state index is 12.3. The van der Waals surface area contributed by atoms with Gasteiger partial charge < -0.3 is 67.1 Å². The molecule has 2 aromatic carbocycles. The molecule has 0 saturated carbocycles. The van der Waals surface area contributed by atoms with Crippen LogP contribution in [0.4, 0.5) is 9.59 Å². The zero-order valence-corrected chi connectivity index (χ0v) is 36.3. The highest BCUT2D eigenvalue weighted by molar-refractivity contribution is 5.79. The Hall–Kier alpha value is -3.42. The predicted octanol–water partition coefficient (Wildman–Crippen LogP) is 4.95. The number of likely N-dealkylation sites (N-methyl/N-ethyl adjacent to an activating group) is 1. The number of benzene rings is 2. The van der Waals surface area contributed by atoms with Crippen molar-refractivity contribution in [2.24, 2.45) is 0 Å². The van der Waals surface area contributed by atoms with Crippen molar-refractivity contribution in [1.82, 2.24) is 10.2 Å². The van der Waals surface area contributed by atoms with Crippen LogP contribution in [0.5, 0.6) is 0 Å². The van der Waals surface area contributed by atoms with Gasteiger partial charge in [-0.25, -0.2) is 9.59 Å². The van der Waals surface area contributed by atoms with Crippen LogP contribution in [0.1, 0.15) is 44.2 Å². The van der Waals surface area contributed by atoms with Crippen molar-refractivity contribution in [2.75, 3.05) is 159 Å². The van der Waals surface area contributed by atoms with Crippen molar-refractivity contribution in [2.45, 2.75) is 38.7 Å². The molecule has 1 aliphatic carbocycles. The summed E-state index contributed by atoms with van der Waals surface area (Å²) in [4.78, 5) is 25.7. The molecule has 340 valence electrons. The Labute approximate surface area is 356 Å². The van der Waals surface area contributed by atoms with Crippen molar-refractivity contribution in [1.29, 1.82) is 0 Å². The van der Waals surface area contributed by atoms with E-state index in [2.05, 4.69) is 29.6 Å². The second-order valence-corrected chi connectivity index (χ2v) is 14.6. The molecule has 16 heteroatoms. The minimum Gasteiger partial charge on any atom is -0.449 e. The summed E-state index contributed by atoms with van der Waals surface area (Å²) in [5.74, 6) is 0.0452. The largest absolute Gasteiger partial charge is 0.449 e. The van der Waals surface area contributed by atoms with Gasteiger partial charge in [0.25, 0.3) is 0 Å². The van der Waals surface area contributed by atoms with Gasteiger partial charge in [-0.2, -0.15) is 0 Å². The van der Waals surface area contributed by atoms with Gasteiger partial charge in [0.1, 0.15) is 12.2 Å². The van der Waals surface area contributed by atoms with Crippen LogP contribution in [0.25, 0.3) is 11.1 Å². The molecule has 1 N–H and O–H groups in total. The van der Waals surface area contributed by atoms with Crippen molar-refractivity contribution in [3.05, 3.63) is 59.7 Å². The molecule has 0 radical (unpaired) electrons. The number of carbonyl (C=O) groups excluding carboxylic acids is 2. The van der Waals surface area contributed by atoms with Gasteiger partial charge in [0.05, 0.1) is 126 Å². The molecule has 0 bridgehead atoms. The van der Waals surface area contributed by atoms with Crippen molar-refractivity contribution in [3.8, 4) is 11.1 Å². The number of rotatable bonds is 36. The number of fused-ring (bicyclic) bond motifs is 3. The lowest BCUT2D eigenvalue weighted by Gasteiger charge is -2.24. The molecule has 0 aromatic heterocycles. The number of nitrogens with one attached hydrogen (secondary N) is 1. The van der Waals surface area contributed by atoms with Gasteiger partial charge in [0.2, 0.25) is 0 Å². The summed E-state index contributed by atoms with van der Waals surface area (Å²) >= 11 is 0. The maximum Gasteiger partial charge on any atom is 0.410 e. The average Bonchev–Trinajstić information content (AvgIpc) is 3.55. The Balaban J connectivity index is 0.938. The molecule has 0 spiro atoms. The maximum absolute atomic E-state index is 12.3. The summed E-state index contributed by atoms with van der Waals surface area (Å²) in [5, 5.41) is 2.80. The fourth-order valence-corrected chi connectivity index (χ4v) is 5.73. The molecule has 16 nitrogen and oxygen atoms in total. The van der Waals surface area contributed by atoms with E-state index in [1.807, 2.05) is 45.0 Å². The minimum atomic E-state index is -0.516. The van der Waals surface area contributed by atoms with Gasteiger partial charge in [0, 0.05) is 32.7 Å². The van der Waals surface area contributed by atoms with Crippen LogP contribution in [0.3, 0.4) is 0 Å². The Bertz CT molecular complexity index is 1370. The van der Waals surface area contributed by atoms with Gasteiger partial charge in [-0.15, -0.1) is 0 Å². The first kappa shape index (κ1) is 50.9. The molecule has 0 unspecified atom stereocenters. The Morgan fingerprint density at radius 2 is 0.883 bits per heavy atom. The van der Waals surface area contributed by atoms with E-state index in [1.54, 1.807) is 7.05 Å². The summed E-state index contributed by atoms with van der Waals surface area (Å²) in [7, 11) is 1.68. The van der Waals surface area contributed by atoms with E-state index in [4.69, 9.17) is 56.8 Å². The van der Waals surface area contributed by atoms with Crippen LogP contribution in [0, 0.1) is 0 Å². The van der Waals surface area contributed by atoms with E-state index in [9.17, 15) is 9.59 Å². The molecule has 1 aliphatic rings. The number of amides is 2. The van der Waals surface area contributed by atoms with Gasteiger partial charge >= 0.3 is 12.2 Å². The highest BCUT2D eigenvalue weighted by Crippen LogP contribution is 2.44. The number of hydrogen-bond donors (Lipinski definition) is 1. The molecule has 0 saturated heterocycles. The quantitative estimate of drug-likeness (QED) is 0.0918. The zero-order valence-electron chi connectivity index (χ0n) is 36.3. The number of hydrogen-bond acceptors (Lipinski definition) is 14. The van der Waals surface area contributed by atoms with Gasteiger partial charge in [-0.1, -0.05) is 48.5 Å². The van der Waals surface area contributed by atoms with E-state index in [-0.39, 0.29) is 12.0 Å². The second kappa shape index (κ2) is 32.3. The lowest BCUT2D eigenvalue weighted by atomic mass is 9.98. The first-order valence-corrected chi connectivity index (χ1v) is 21.1. The van der Waals surface area contributed by atoms with E-state index in [0.717, 1.165) is 0 Å². The van der Waals surface area contributed by atoms with Crippen molar-refractivity contribution < 1.29 is 66.4 Å². The number of carbonyl (C=O) groups is 2. The third-order valence-electron chi connectivity index (χ3n) is 8.70. The molecule has 0 fully saturated rings. The standard InChI is InChI=1S/C44H70N2O14/c1-44(2,3)60-43(48)46(4)15-17-50-19-21-52-23-25-54-27-29-56-31-33-58-35-34-57-32-30-55-28-26-53-24-22-51-20-18-49-16-9-14-45-42(47)59-36-41-39-12-7-5-10-37(39)38-11-6-8-13-40(38)41/h5-8,10-13,41H,9,14-36H2,1-4H3,(H,45,47). The van der Waals surface area contributed by atoms with Crippen LogP contribution in [0.15, 0.2) is 48.5 Å². The molecule has 3 rings (SSSR count). The van der Waals surface area contributed by atoms with Crippen molar-refractivity contribution >= 4 is 12.2 Å². The predicted molar refractivity (Wildman–Crippen MR) is 225 cm³/mol. The van der Waals surface area contributed by atoms with E-state index >= 15 is 0 Å². The smallest absolute Gasteiger partial charge is 0.410 e. The molecule has 0 heterocycles. The fourth-order valence-electron chi connectivity index (χ4n) is 5.73. The first-order chi connectivity index (χ1) is 29.3. The van der Waals surface area contributed by atoms with Gasteiger partial charge in [-0.05, 0) is 49.4 Å². The van der Waals surface area contributed by atoms with E-state index in [0.29, 0.717) is 158 Å². The number of nitrogens with zero attached hydrogens (tertiary/aromatic N) is 1. The lowest BCUT2D eigenvalue weighted by molar-refractivity contribution is -0.0267. The third kappa shape index (κ3) is 23.5. The van der Waals surface area contributed by atoms with Crippen LogP contribution >= 0.6 is 0 Å². The Morgan fingerprint density at radius 3 is 1.27 bits per heavy atom. The molecule has 2 amide bonds. The van der Waals surface area contributed by atoms with E-state index in [1.165, 1.54) is 27.2 Å². The van der Waals surface area contributed by atoms with Gasteiger partial charge in [0.15, 0.2) is 0 Å². The number of alkyl carbamates (subject to hydrolysis) is 1. The number of ether oxygens (including phenoxy) is 12. The van der Waals surface area contributed by atoms with Crippen LogP contribution in [-0.4, -0.2) is 182 Å². The summed E-state index contributed by atoms with van der Waals surface area (Å²) in [6.07, 6.45) is -0.107. The second-order valence-electron chi connectivity index (χ2n) is 14.6.